The molecule has 0 unspecified atom stereocenters. The number of carbonyl (C=O) groups excluding carboxylic acids is 1. The second-order valence-corrected chi connectivity index (χ2v) is 9.36. The number of fused-ring (bicyclic) bond motifs is 1. The molecule has 3 aromatic carbocycles. The lowest BCUT2D eigenvalue weighted by Crippen LogP contribution is -2.29. The molecular formula is C23H24N2O3S. The van der Waals surface area contributed by atoms with Gasteiger partial charge in [-0.15, -0.1) is 0 Å². The fraction of sp³-hybridized carbons (Fsp3) is 0.261. The summed E-state index contributed by atoms with van der Waals surface area (Å²) < 4.78 is 27.4. The standard InChI is InChI=1S/C23H24N2O3S/c1-17-8-10-21(15-22(17)29(27,28)25-12-4-5-13-25)23(26)24-16-18-9-11-19-6-2-3-7-20(19)14-18/h2-3,6-11,14-15H,4-5,12-13,16H2,1H3,(H,24,26). The van der Waals surface area contributed by atoms with E-state index in [0.717, 1.165) is 29.2 Å². The molecule has 29 heavy (non-hydrogen) atoms. The summed E-state index contributed by atoms with van der Waals surface area (Å²) in [4.78, 5) is 12.9. The third-order valence-electron chi connectivity index (χ3n) is 5.40. The van der Waals surface area contributed by atoms with Crippen molar-refractivity contribution in [2.45, 2.75) is 31.2 Å². The van der Waals surface area contributed by atoms with Gasteiger partial charge in [0.15, 0.2) is 0 Å². The number of rotatable bonds is 5. The molecular weight excluding hydrogens is 384 g/mol. The maximum absolute atomic E-state index is 12.9. The van der Waals surface area contributed by atoms with E-state index >= 15 is 0 Å². The Morgan fingerprint density at radius 1 is 0.966 bits per heavy atom. The summed E-state index contributed by atoms with van der Waals surface area (Å²) in [5.41, 5.74) is 2.01. The first kappa shape index (κ1) is 19.6. The third kappa shape index (κ3) is 4.04. The van der Waals surface area contributed by atoms with Crippen LogP contribution in [-0.2, 0) is 16.6 Å². The minimum atomic E-state index is -3.56. The first-order valence-electron chi connectivity index (χ1n) is 9.82. The van der Waals surface area contributed by atoms with E-state index in [1.165, 1.54) is 10.4 Å². The van der Waals surface area contributed by atoms with E-state index in [-0.39, 0.29) is 10.8 Å². The van der Waals surface area contributed by atoms with Crippen molar-refractivity contribution < 1.29 is 13.2 Å². The lowest BCUT2D eigenvalue weighted by Gasteiger charge is -2.18. The largest absolute Gasteiger partial charge is 0.348 e. The van der Waals surface area contributed by atoms with Crippen molar-refractivity contribution in [3.8, 4) is 0 Å². The lowest BCUT2D eigenvalue weighted by atomic mass is 10.1. The van der Waals surface area contributed by atoms with Crippen LogP contribution < -0.4 is 5.32 Å². The van der Waals surface area contributed by atoms with E-state index in [0.29, 0.717) is 30.8 Å². The van der Waals surface area contributed by atoms with Gasteiger partial charge in [0.2, 0.25) is 10.0 Å². The molecule has 6 heteroatoms. The summed E-state index contributed by atoms with van der Waals surface area (Å²) in [5.74, 6) is -0.281. The van der Waals surface area contributed by atoms with Crippen molar-refractivity contribution >= 4 is 26.7 Å². The molecule has 4 rings (SSSR count). The zero-order chi connectivity index (χ0) is 20.4. The van der Waals surface area contributed by atoms with Gasteiger partial charge >= 0.3 is 0 Å². The minimum Gasteiger partial charge on any atom is -0.348 e. The Morgan fingerprint density at radius 3 is 2.45 bits per heavy atom. The zero-order valence-electron chi connectivity index (χ0n) is 16.4. The van der Waals surface area contributed by atoms with E-state index < -0.39 is 10.0 Å². The molecule has 0 radical (unpaired) electrons. The summed E-state index contributed by atoms with van der Waals surface area (Å²) >= 11 is 0. The van der Waals surface area contributed by atoms with Gasteiger partial charge < -0.3 is 5.32 Å². The number of hydrogen-bond acceptors (Lipinski definition) is 3. The van der Waals surface area contributed by atoms with Gasteiger partial charge in [0, 0.05) is 25.2 Å². The molecule has 1 saturated heterocycles. The second kappa shape index (κ2) is 7.97. The highest BCUT2D eigenvalue weighted by atomic mass is 32.2. The molecule has 1 fully saturated rings. The Bertz CT molecular complexity index is 1170. The molecule has 150 valence electrons. The Kier molecular flexibility index (Phi) is 5.39. The minimum absolute atomic E-state index is 0.220. The van der Waals surface area contributed by atoms with Gasteiger partial charge in [0.1, 0.15) is 0 Å². The third-order valence-corrected chi connectivity index (χ3v) is 7.44. The molecule has 0 aliphatic carbocycles. The molecule has 0 bridgehead atoms. The maximum atomic E-state index is 12.9. The zero-order valence-corrected chi connectivity index (χ0v) is 17.2. The van der Waals surface area contributed by atoms with Crippen LogP contribution in [-0.4, -0.2) is 31.7 Å². The van der Waals surface area contributed by atoms with Gasteiger partial charge in [-0.25, -0.2) is 8.42 Å². The van der Waals surface area contributed by atoms with Crippen molar-refractivity contribution in [1.82, 2.24) is 9.62 Å². The van der Waals surface area contributed by atoms with Crippen molar-refractivity contribution in [2.24, 2.45) is 0 Å². The first-order valence-corrected chi connectivity index (χ1v) is 11.3. The molecule has 1 aliphatic heterocycles. The molecule has 5 nitrogen and oxygen atoms in total. The average Bonchev–Trinajstić information content (AvgIpc) is 3.28. The van der Waals surface area contributed by atoms with Crippen LogP contribution in [0.3, 0.4) is 0 Å². The monoisotopic (exact) mass is 408 g/mol. The Hall–Kier alpha value is -2.70. The van der Waals surface area contributed by atoms with Crippen LogP contribution in [0.15, 0.2) is 65.6 Å². The number of sulfonamides is 1. The number of amides is 1. The smallest absolute Gasteiger partial charge is 0.251 e. The van der Waals surface area contributed by atoms with E-state index in [4.69, 9.17) is 0 Å². The number of aryl methyl sites for hydroxylation is 1. The molecule has 0 aromatic heterocycles. The quantitative estimate of drug-likeness (QED) is 0.697. The Labute approximate surface area is 171 Å². The van der Waals surface area contributed by atoms with Gasteiger partial charge in [0.05, 0.1) is 4.90 Å². The summed E-state index contributed by atoms with van der Waals surface area (Å²) in [6.07, 6.45) is 1.76. The molecule has 0 spiro atoms. The predicted molar refractivity (Wildman–Crippen MR) is 114 cm³/mol. The van der Waals surface area contributed by atoms with E-state index in [9.17, 15) is 13.2 Å². The maximum Gasteiger partial charge on any atom is 0.251 e. The van der Waals surface area contributed by atoms with Gasteiger partial charge in [0.25, 0.3) is 5.91 Å². The van der Waals surface area contributed by atoms with Gasteiger partial charge in [-0.3, -0.25) is 4.79 Å². The van der Waals surface area contributed by atoms with Crippen molar-refractivity contribution in [1.29, 1.82) is 0 Å². The highest BCUT2D eigenvalue weighted by molar-refractivity contribution is 7.89. The Morgan fingerprint density at radius 2 is 1.69 bits per heavy atom. The van der Waals surface area contributed by atoms with Gasteiger partial charge in [-0.2, -0.15) is 4.31 Å². The molecule has 0 atom stereocenters. The number of nitrogens with one attached hydrogen (secondary N) is 1. The number of benzene rings is 3. The first-order chi connectivity index (χ1) is 13.9. The average molecular weight is 409 g/mol. The molecule has 1 heterocycles. The topological polar surface area (TPSA) is 66.5 Å². The highest BCUT2D eigenvalue weighted by Crippen LogP contribution is 2.24. The van der Waals surface area contributed by atoms with Crippen LogP contribution in [0.1, 0.15) is 34.3 Å². The van der Waals surface area contributed by atoms with Crippen LogP contribution >= 0.6 is 0 Å². The van der Waals surface area contributed by atoms with Crippen molar-refractivity contribution in [3.05, 3.63) is 77.4 Å². The molecule has 3 aromatic rings. The van der Waals surface area contributed by atoms with E-state index in [1.54, 1.807) is 19.1 Å². The number of carbonyl (C=O) groups is 1. The predicted octanol–water partition coefficient (Wildman–Crippen LogP) is 3.86. The van der Waals surface area contributed by atoms with E-state index in [1.807, 2.05) is 42.5 Å². The summed E-state index contributed by atoms with van der Waals surface area (Å²) in [6, 6.07) is 19.0. The summed E-state index contributed by atoms with van der Waals surface area (Å²) in [7, 11) is -3.56. The SMILES string of the molecule is Cc1ccc(C(=O)NCc2ccc3ccccc3c2)cc1S(=O)(=O)N1CCCC1. The van der Waals surface area contributed by atoms with Gasteiger partial charge in [-0.05, 0) is 59.9 Å². The Balaban J connectivity index is 1.52. The highest BCUT2D eigenvalue weighted by Gasteiger charge is 2.29. The normalized spacial score (nSPS) is 14.9. The van der Waals surface area contributed by atoms with Crippen LogP contribution in [0.5, 0.6) is 0 Å². The molecule has 1 amide bonds. The van der Waals surface area contributed by atoms with Crippen LogP contribution in [0.25, 0.3) is 10.8 Å². The molecule has 1 aliphatic rings. The second-order valence-electron chi connectivity index (χ2n) is 7.46. The molecule has 1 N–H and O–H groups in total. The summed E-state index contributed by atoms with van der Waals surface area (Å²) in [5, 5.41) is 5.17. The lowest BCUT2D eigenvalue weighted by molar-refractivity contribution is 0.0950. The van der Waals surface area contributed by atoms with Crippen LogP contribution in [0, 0.1) is 6.92 Å². The fourth-order valence-corrected chi connectivity index (χ4v) is 5.49. The van der Waals surface area contributed by atoms with Crippen molar-refractivity contribution in [2.75, 3.05) is 13.1 Å². The summed E-state index contributed by atoms with van der Waals surface area (Å²) in [6.45, 7) is 3.23. The number of hydrogen-bond donors (Lipinski definition) is 1. The van der Waals surface area contributed by atoms with E-state index in [2.05, 4.69) is 5.32 Å². The van der Waals surface area contributed by atoms with Crippen molar-refractivity contribution in [3.63, 3.8) is 0 Å². The van der Waals surface area contributed by atoms with Crippen LogP contribution in [0.4, 0.5) is 0 Å². The molecule has 0 saturated carbocycles. The van der Waals surface area contributed by atoms with Gasteiger partial charge in [-0.1, -0.05) is 42.5 Å². The number of nitrogens with zero attached hydrogens (tertiary/aromatic N) is 1. The fourth-order valence-electron chi connectivity index (χ4n) is 3.72. The van der Waals surface area contributed by atoms with Crippen LogP contribution in [0.2, 0.25) is 0 Å².